The normalized spacial score (nSPS) is 12.0. The molecule has 0 fully saturated rings. The number of aromatic nitrogens is 6. The van der Waals surface area contributed by atoms with Crippen molar-refractivity contribution in [2.75, 3.05) is 0 Å². The van der Waals surface area contributed by atoms with Crippen LogP contribution in [0.1, 0.15) is 0 Å². The van der Waals surface area contributed by atoms with Gasteiger partial charge in [0.2, 0.25) is 0 Å². The summed E-state index contributed by atoms with van der Waals surface area (Å²) in [4.78, 5) is 31.8. The lowest BCUT2D eigenvalue weighted by Crippen LogP contribution is -2.01. The largest absolute Gasteiger partial charge is 0.456 e. The summed E-state index contributed by atoms with van der Waals surface area (Å²) < 4.78 is 19.6. The minimum Gasteiger partial charge on any atom is -0.456 e. The van der Waals surface area contributed by atoms with E-state index in [0.29, 0.717) is 34.9 Å². The lowest BCUT2D eigenvalue weighted by atomic mass is 9.92. The molecule has 5 heterocycles. The van der Waals surface area contributed by atoms with Crippen LogP contribution in [0.5, 0.6) is 0 Å². The molecule has 0 aliphatic carbocycles. The number of hydrogen-bond donors (Lipinski definition) is 0. The smallest absolute Gasteiger partial charge is 0.164 e. The lowest BCUT2D eigenvalue weighted by Gasteiger charge is -2.14. The summed E-state index contributed by atoms with van der Waals surface area (Å²) in [5.41, 5.74) is 12.1. The van der Waals surface area contributed by atoms with Crippen LogP contribution in [0.25, 0.3) is 188 Å². The molecular weight excluding hydrogens is 1040 g/mol. The highest BCUT2D eigenvalue weighted by molar-refractivity contribution is 6.30. The molecule has 9 heteroatoms. The maximum Gasteiger partial charge on any atom is 0.164 e. The van der Waals surface area contributed by atoms with E-state index >= 15 is 0 Å². The third kappa shape index (κ3) is 7.43. The Bertz CT molecular complexity index is 5810. The van der Waals surface area contributed by atoms with Gasteiger partial charge in [-0.2, -0.15) is 0 Å². The van der Waals surface area contributed by atoms with E-state index in [1.165, 1.54) is 0 Å². The molecule has 0 spiro atoms. The molecule has 0 radical (unpaired) electrons. The number of nitrogens with zero attached hydrogens (tertiary/aromatic N) is 6. The van der Waals surface area contributed by atoms with Crippen LogP contribution in [0.2, 0.25) is 0 Å². The van der Waals surface area contributed by atoms with Gasteiger partial charge >= 0.3 is 0 Å². The zero-order valence-corrected chi connectivity index (χ0v) is 45.2. The predicted octanol–water partition coefficient (Wildman–Crippen LogP) is 20.0. The van der Waals surface area contributed by atoms with Gasteiger partial charge in [0.1, 0.15) is 33.5 Å². The predicted molar refractivity (Wildman–Crippen MR) is 343 cm³/mol. The summed E-state index contributed by atoms with van der Waals surface area (Å²) in [5, 5.41) is 14.6. The van der Waals surface area contributed by atoms with Crippen LogP contribution in [-0.4, -0.2) is 29.9 Å². The summed E-state index contributed by atoms with van der Waals surface area (Å²) in [6.45, 7) is 0. The highest BCUT2D eigenvalue weighted by Gasteiger charge is 2.24. The molecule has 0 amide bonds. The minimum atomic E-state index is 0.556. The number of furan rings is 3. The molecule has 0 aliphatic rings. The van der Waals surface area contributed by atoms with Crippen LogP contribution in [0.15, 0.2) is 268 Å². The van der Waals surface area contributed by atoms with Crippen LogP contribution in [0.3, 0.4) is 0 Å². The molecule has 9 nitrogen and oxygen atoms in total. The Morgan fingerprint density at radius 3 is 1.18 bits per heavy atom. The SMILES string of the molecule is c1ccc(-c2nc(-c3cccc(-c4ccc5oc6ccc7c(-c8nc(-c9ccccc9)nc(-c9cccc%10oc%11ccccc%11c9%10)n8)cc8ccccc8c7c6c5c4)c3)nc(-c3cc4ccccc4c4c3ccc3oc5ccccc5c34)n2)cc1. The van der Waals surface area contributed by atoms with Crippen molar-refractivity contribution in [2.24, 2.45) is 0 Å². The summed E-state index contributed by atoms with van der Waals surface area (Å²) >= 11 is 0. The van der Waals surface area contributed by atoms with Gasteiger partial charge in [-0.05, 0) is 116 Å². The molecule has 0 saturated heterocycles. The van der Waals surface area contributed by atoms with Gasteiger partial charge in [0.05, 0.1) is 0 Å². The molecule has 13 aromatic carbocycles. The summed E-state index contributed by atoms with van der Waals surface area (Å²) in [5.74, 6) is 3.42. The molecule has 18 rings (SSSR count). The summed E-state index contributed by atoms with van der Waals surface area (Å²) in [6, 6.07) is 87.6. The zero-order chi connectivity index (χ0) is 55.7. The van der Waals surface area contributed by atoms with Crippen molar-refractivity contribution in [3.05, 3.63) is 255 Å². The Kier molecular flexibility index (Phi) is 10.2. The molecule has 0 N–H and O–H groups in total. The van der Waals surface area contributed by atoms with E-state index in [4.69, 9.17) is 43.2 Å². The van der Waals surface area contributed by atoms with E-state index in [-0.39, 0.29) is 0 Å². The van der Waals surface area contributed by atoms with Crippen molar-refractivity contribution in [2.45, 2.75) is 0 Å². The van der Waals surface area contributed by atoms with E-state index in [2.05, 4.69) is 152 Å². The molecular formula is C76H42N6O3. The van der Waals surface area contributed by atoms with Crippen molar-refractivity contribution in [1.29, 1.82) is 0 Å². The van der Waals surface area contributed by atoms with Gasteiger partial charge in [-0.1, -0.05) is 182 Å². The Morgan fingerprint density at radius 1 is 0.188 bits per heavy atom. The third-order valence-corrected chi connectivity index (χ3v) is 16.7. The fraction of sp³-hybridized carbons (Fsp3) is 0. The second-order valence-corrected chi connectivity index (χ2v) is 21.6. The van der Waals surface area contributed by atoms with Crippen LogP contribution in [0.4, 0.5) is 0 Å². The first-order valence-corrected chi connectivity index (χ1v) is 28.3. The highest BCUT2D eigenvalue weighted by atomic mass is 16.3. The fourth-order valence-electron chi connectivity index (χ4n) is 12.9. The Hall–Kier alpha value is -11.7. The van der Waals surface area contributed by atoms with Crippen molar-refractivity contribution in [3.63, 3.8) is 0 Å². The first-order chi connectivity index (χ1) is 42.1. The summed E-state index contributed by atoms with van der Waals surface area (Å²) in [6.07, 6.45) is 0. The number of hydrogen-bond acceptors (Lipinski definition) is 9. The van der Waals surface area contributed by atoms with Gasteiger partial charge in [0, 0.05) is 76.5 Å². The van der Waals surface area contributed by atoms with Crippen molar-refractivity contribution >= 4 is 109 Å². The first kappa shape index (κ1) is 47.0. The number of fused-ring (bicyclic) bond motifs is 17. The Morgan fingerprint density at radius 2 is 0.576 bits per heavy atom. The Balaban J connectivity index is 0.813. The molecule has 0 atom stereocenters. The molecule has 18 aromatic rings. The topological polar surface area (TPSA) is 117 Å². The van der Waals surface area contributed by atoms with Gasteiger partial charge < -0.3 is 13.3 Å². The van der Waals surface area contributed by atoms with Gasteiger partial charge in [-0.25, -0.2) is 29.9 Å². The van der Waals surface area contributed by atoms with Gasteiger partial charge in [0.15, 0.2) is 34.9 Å². The van der Waals surface area contributed by atoms with Gasteiger partial charge in [-0.15, -0.1) is 0 Å². The second-order valence-electron chi connectivity index (χ2n) is 21.6. The van der Waals surface area contributed by atoms with Crippen molar-refractivity contribution < 1.29 is 13.3 Å². The van der Waals surface area contributed by atoms with E-state index in [0.717, 1.165) is 153 Å². The van der Waals surface area contributed by atoms with Crippen LogP contribution in [-0.2, 0) is 0 Å². The maximum atomic E-state index is 6.79. The third-order valence-electron chi connectivity index (χ3n) is 16.7. The Labute approximate surface area is 483 Å². The molecule has 5 aromatic heterocycles. The van der Waals surface area contributed by atoms with E-state index in [1.54, 1.807) is 0 Å². The van der Waals surface area contributed by atoms with Gasteiger partial charge in [0.25, 0.3) is 0 Å². The van der Waals surface area contributed by atoms with Crippen molar-refractivity contribution in [3.8, 4) is 79.5 Å². The first-order valence-electron chi connectivity index (χ1n) is 28.3. The molecule has 85 heavy (non-hydrogen) atoms. The van der Waals surface area contributed by atoms with Gasteiger partial charge in [-0.3, -0.25) is 0 Å². The second kappa shape index (κ2) is 18.4. The molecule has 0 bridgehead atoms. The quantitative estimate of drug-likeness (QED) is 0.144. The highest BCUT2D eigenvalue weighted by Crippen LogP contribution is 2.46. The van der Waals surface area contributed by atoms with E-state index < -0.39 is 0 Å². The van der Waals surface area contributed by atoms with E-state index in [1.807, 2.05) is 103 Å². The van der Waals surface area contributed by atoms with Crippen LogP contribution in [0, 0.1) is 0 Å². The van der Waals surface area contributed by atoms with Crippen LogP contribution < -0.4 is 0 Å². The number of benzene rings is 13. The molecule has 0 saturated carbocycles. The van der Waals surface area contributed by atoms with Crippen molar-refractivity contribution in [1.82, 2.24) is 29.9 Å². The number of rotatable bonds is 7. The number of para-hydroxylation sites is 2. The molecule has 394 valence electrons. The summed E-state index contributed by atoms with van der Waals surface area (Å²) in [7, 11) is 0. The average Bonchev–Trinajstić information content (AvgIpc) is 2.65. The monoisotopic (exact) mass is 1090 g/mol. The fourth-order valence-corrected chi connectivity index (χ4v) is 12.9. The maximum absolute atomic E-state index is 6.79. The molecule has 0 unspecified atom stereocenters. The zero-order valence-electron chi connectivity index (χ0n) is 45.2. The standard InChI is InChI=1S/C76H42N6O3/c1-3-17-43(18-4-1)71-77-73(81-75(79-71)57-41-47-21-7-9-25-50(47)67-52(57)34-37-64-69(67)55-28-12-14-31-61(55)84-64)49-24-15-23-45(39-49)46-33-36-62-59(40-46)70-65(85-62)38-35-53-58(42-48-22-8-10-26-51(48)68(53)70)76-80-72(44-19-5-2-6-20-44)78-74(82-76)56-29-16-32-63-66(56)54-27-11-13-30-60(54)83-63/h1-42H. The minimum absolute atomic E-state index is 0.556. The lowest BCUT2D eigenvalue weighted by molar-refractivity contribution is 0.668. The van der Waals surface area contributed by atoms with E-state index in [9.17, 15) is 0 Å². The van der Waals surface area contributed by atoms with Crippen LogP contribution >= 0.6 is 0 Å². The molecule has 0 aliphatic heterocycles. The average molecular weight is 1090 g/mol.